The molecular formula is C16H14F3N3O2S. The van der Waals surface area contributed by atoms with Crippen molar-refractivity contribution in [1.29, 1.82) is 0 Å². The Balaban J connectivity index is 1.81. The Kier molecular flexibility index (Phi) is 5.03. The van der Waals surface area contributed by atoms with Crippen LogP contribution in [0.5, 0.6) is 11.5 Å². The van der Waals surface area contributed by atoms with E-state index in [9.17, 15) is 13.2 Å². The van der Waals surface area contributed by atoms with Gasteiger partial charge in [0.05, 0.1) is 23.8 Å². The Bertz CT molecular complexity index is 902. The van der Waals surface area contributed by atoms with E-state index in [2.05, 4.69) is 19.7 Å². The van der Waals surface area contributed by atoms with Crippen molar-refractivity contribution in [3.05, 3.63) is 41.5 Å². The number of nitrogens with one attached hydrogen (secondary N) is 1. The molecule has 0 saturated heterocycles. The lowest BCUT2D eigenvalue weighted by molar-refractivity contribution is -0.0520. The van der Waals surface area contributed by atoms with Crippen LogP contribution in [0.3, 0.4) is 0 Å². The minimum Gasteiger partial charge on any atom is -0.496 e. The van der Waals surface area contributed by atoms with E-state index in [4.69, 9.17) is 4.74 Å². The summed E-state index contributed by atoms with van der Waals surface area (Å²) in [5.74, 6) is -0.147. The zero-order chi connectivity index (χ0) is 18.0. The number of alkyl halides is 2. The maximum absolute atomic E-state index is 13.7. The van der Waals surface area contributed by atoms with Crippen LogP contribution in [0, 0.1) is 12.7 Å². The lowest BCUT2D eigenvalue weighted by atomic mass is 10.2. The third kappa shape index (κ3) is 3.81. The highest BCUT2D eigenvalue weighted by Gasteiger charge is 2.14. The largest absolute Gasteiger partial charge is 0.496 e. The van der Waals surface area contributed by atoms with Crippen LogP contribution >= 0.6 is 11.8 Å². The van der Waals surface area contributed by atoms with Crippen LogP contribution in [0.25, 0.3) is 11.0 Å². The maximum Gasteiger partial charge on any atom is 0.387 e. The normalized spacial score (nSPS) is 11.3. The molecule has 2 heterocycles. The van der Waals surface area contributed by atoms with Gasteiger partial charge in [-0.25, -0.2) is 9.37 Å². The first-order valence-corrected chi connectivity index (χ1v) is 8.22. The number of thioether (sulfide) groups is 1. The number of H-pyrrole nitrogens is 1. The molecule has 5 nitrogen and oxygen atoms in total. The molecule has 2 aromatic heterocycles. The van der Waals surface area contributed by atoms with E-state index in [1.807, 2.05) is 6.92 Å². The Morgan fingerprint density at radius 1 is 1.28 bits per heavy atom. The number of benzene rings is 1. The van der Waals surface area contributed by atoms with E-state index in [-0.39, 0.29) is 0 Å². The van der Waals surface area contributed by atoms with Crippen molar-refractivity contribution in [2.75, 3.05) is 7.11 Å². The molecule has 3 aromatic rings. The van der Waals surface area contributed by atoms with Gasteiger partial charge in [0.25, 0.3) is 0 Å². The van der Waals surface area contributed by atoms with Gasteiger partial charge in [0.2, 0.25) is 0 Å². The molecule has 0 saturated carbocycles. The summed E-state index contributed by atoms with van der Waals surface area (Å²) in [6.07, 6.45) is 1.66. The van der Waals surface area contributed by atoms with E-state index >= 15 is 0 Å². The van der Waals surface area contributed by atoms with Crippen LogP contribution in [0.1, 0.15) is 11.3 Å². The van der Waals surface area contributed by atoms with Gasteiger partial charge in [-0.15, -0.1) is 0 Å². The minimum absolute atomic E-state index is 0.342. The second kappa shape index (κ2) is 7.22. The van der Waals surface area contributed by atoms with Gasteiger partial charge in [-0.05, 0) is 13.0 Å². The number of fused-ring (bicyclic) bond motifs is 1. The fourth-order valence-electron chi connectivity index (χ4n) is 2.30. The molecule has 0 atom stereocenters. The molecule has 0 unspecified atom stereocenters. The summed E-state index contributed by atoms with van der Waals surface area (Å²) in [7, 11) is 1.59. The number of pyridine rings is 1. The lowest BCUT2D eigenvalue weighted by Crippen LogP contribution is -2.03. The first-order valence-electron chi connectivity index (χ1n) is 7.23. The molecule has 25 heavy (non-hydrogen) atoms. The monoisotopic (exact) mass is 369 g/mol. The molecule has 1 aromatic carbocycles. The van der Waals surface area contributed by atoms with Gasteiger partial charge in [0.1, 0.15) is 5.75 Å². The van der Waals surface area contributed by atoms with Gasteiger partial charge in [-0.2, -0.15) is 8.78 Å². The first-order chi connectivity index (χ1) is 12.0. The summed E-state index contributed by atoms with van der Waals surface area (Å²) in [6.45, 7) is -1.19. The fraction of sp³-hybridized carbons (Fsp3) is 0.250. The third-order valence-corrected chi connectivity index (χ3v) is 4.44. The Morgan fingerprint density at radius 2 is 2.08 bits per heavy atom. The summed E-state index contributed by atoms with van der Waals surface area (Å²) >= 11 is 1.36. The molecule has 0 fully saturated rings. The number of aromatic nitrogens is 3. The molecule has 0 spiro atoms. The summed E-state index contributed by atoms with van der Waals surface area (Å²) < 4.78 is 47.7. The highest BCUT2D eigenvalue weighted by Crippen LogP contribution is 2.29. The zero-order valence-corrected chi connectivity index (χ0v) is 14.2. The number of aromatic amines is 1. The van der Waals surface area contributed by atoms with Gasteiger partial charge in [0, 0.05) is 29.6 Å². The number of hydrogen-bond acceptors (Lipinski definition) is 5. The number of ether oxygens (including phenoxy) is 2. The molecule has 3 rings (SSSR count). The predicted octanol–water partition coefficient (Wildman–Crippen LogP) is 4.31. The van der Waals surface area contributed by atoms with Crippen molar-refractivity contribution in [3.63, 3.8) is 0 Å². The highest BCUT2D eigenvalue weighted by atomic mass is 32.2. The van der Waals surface area contributed by atoms with Crippen LogP contribution in [-0.4, -0.2) is 28.7 Å². The van der Waals surface area contributed by atoms with Gasteiger partial charge < -0.3 is 14.5 Å². The van der Waals surface area contributed by atoms with E-state index < -0.39 is 18.2 Å². The molecule has 9 heteroatoms. The van der Waals surface area contributed by atoms with E-state index in [0.29, 0.717) is 21.9 Å². The van der Waals surface area contributed by atoms with Crippen LogP contribution < -0.4 is 9.47 Å². The van der Waals surface area contributed by atoms with E-state index in [1.54, 1.807) is 19.4 Å². The Hall–Kier alpha value is -2.42. The number of nitrogens with zero attached hydrogens (tertiary/aromatic N) is 2. The average molecular weight is 369 g/mol. The van der Waals surface area contributed by atoms with Gasteiger partial charge >= 0.3 is 6.61 Å². The fourth-order valence-corrected chi connectivity index (χ4v) is 3.21. The van der Waals surface area contributed by atoms with Crippen molar-refractivity contribution in [1.82, 2.24) is 15.0 Å². The number of methoxy groups -OCH3 is 1. The molecule has 0 bridgehead atoms. The van der Waals surface area contributed by atoms with Gasteiger partial charge in [0.15, 0.2) is 16.7 Å². The quantitative estimate of drug-likeness (QED) is 0.656. The Labute approximate surface area is 145 Å². The van der Waals surface area contributed by atoms with Crippen LogP contribution in [0.2, 0.25) is 0 Å². The topological polar surface area (TPSA) is 60.0 Å². The smallest absolute Gasteiger partial charge is 0.387 e. The number of imidazole rings is 1. The number of halogens is 3. The summed E-state index contributed by atoms with van der Waals surface area (Å²) in [4.78, 5) is 11.5. The van der Waals surface area contributed by atoms with Crippen molar-refractivity contribution in [2.45, 2.75) is 24.4 Å². The summed E-state index contributed by atoms with van der Waals surface area (Å²) in [6, 6.07) is 4.00. The van der Waals surface area contributed by atoms with E-state index in [1.165, 1.54) is 11.8 Å². The summed E-state index contributed by atoms with van der Waals surface area (Å²) in [5.41, 5.74) is 2.50. The molecule has 0 aliphatic carbocycles. The predicted molar refractivity (Wildman–Crippen MR) is 87.8 cm³/mol. The van der Waals surface area contributed by atoms with Crippen molar-refractivity contribution in [2.24, 2.45) is 0 Å². The van der Waals surface area contributed by atoms with Crippen LogP contribution in [0.15, 0.2) is 29.6 Å². The molecular weight excluding hydrogens is 355 g/mol. The standard InChI is InChI=1S/C16H14F3N3O2S/c1-8-12(20-4-3-13(8)23-2)7-25-16-21-10-5-9(17)14(24-15(18)19)6-11(10)22-16/h3-6,15H,7H2,1-2H3,(H,21,22). The van der Waals surface area contributed by atoms with Gasteiger partial charge in [-0.1, -0.05) is 11.8 Å². The van der Waals surface area contributed by atoms with Crippen molar-refractivity contribution < 1.29 is 22.6 Å². The number of rotatable bonds is 6. The summed E-state index contributed by atoms with van der Waals surface area (Å²) in [5, 5.41) is 0.521. The first kappa shape index (κ1) is 17.4. The second-order valence-electron chi connectivity index (χ2n) is 5.09. The molecule has 132 valence electrons. The maximum atomic E-state index is 13.7. The Morgan fingerprint density at radius 3 is 2.80 bits per heavy atom. The SMILES string of the molecule is COc1ccnc(CSc2nc3cc(OC(F)F)c(F)cc3[nH]2)c1C. The second-order valence-corrected chi connectivity index (χ2v) is 6.06. The van der Waals surface area contributed by atoms with E-state index in [0.717, 1.165) is 29.1 Å². The van der Waals surface area contributed by atoms with Crippen molar-refractivity contribution >= 4 is 22.8 Å². The lowest BCUT2D eigenvalue weighted by Gasteiger charge is -2.08. The van der Waals surface area contributed by atoms with Crippen molar-refractivity contribution in [3.8, 4) is 11.5 Å². The number of hydrogen-bond donors (Lipinski definition) is 1. The zero-order valence-electron chi connectivity index (χ0n) is 13.3. The molecule has 0 radical (unpaired) electrons. The van der Waals surface area contributed by atoms with Crippen LogP contribution in [0.4, 0.5) is 13.2 Å². The van der Waals surface area contributed by atoms with Gasteiger partial charge in [-0.3, -0.25) is 4.98 Å². The minimum atomic E-state index is -3.10. The highest BCUT2D eigenvalue weighted by molar-refractivity contribution is 7.98. The van der Waals surface area contributed by atoms with Crippen LogP contribution in [-0.2, 0) is 5.75 Å². The third-order valence-electron chi connectivity index (χ3n) is 3.55. The molecule has 1 N–H and O–H groups in total. The molecule has 0 aliphatic rings. The molecule has 0 amide bonds. The molecule has 0 aliphatic heterocycles. The average Bonchev–Trinajstić information content (AvgIpc) is 2.95.